The number of hydrogen-bond donors (Lipinski definition) is 2. The molecule has 4 rings (SSSR count). The highest BCUT2D eigenvalue weighted by Crippen LogP contribution is 2.34. The Morgan fingerprint density at radius 1 is 0.969 bits per heavy atom. The van der Waals surface area contributed by atoms with Crippen molar-refractivity contribution >= 4 is 11.9 Å². The molecule has 3 heterocycles. The molecule has 32 heavy (non-hydrogen) atoms. The first-order valence-corrected chi connectivity index (χ1v) is 11.3. The van der Waals surface area contributed by atoms with Gasteiger partial charge in [0.25, 0.3) is 0 Å². The van der Waals surface area contributed by atoms with E-state index in [-0.39, 0.29) is 23.6 Å². The molecule has 2 aromatic heterocycles. The van der Waals surface area contributed by atoms with E-state index in [0.717, 1.165) is 38.5 Å². The molecule has 2 atom stereocenters. The molecule has 2 fully saturated rings. The number of rotatable bonds is 8. The van der Waals surface area contributed by atoms with E-state index in [1.54, 1.807) is 0 Å². The lowest BCUT2D eigenvalue weighted by atomic mass is 10.1. The second kappa shape index (κ2) is 9.56. The van der Waals surface area contributed by atoms with E-state index in [0.29, 0.717) is 17.8 Å². The highest BCUT2D eigenvalue weighted by atomic mass is 19.4. The van der Waals surface area contributed by atoms with Crippen LogP contribution in [0.25, 0.3) is 11.5 Å². The van der Waals surface area contributed by atoms with Crippen molar-refractivity contribution < 1.29 is 13.2 Å². The van der Waals surface area contributed by atoms with Crippen molar-refractivity contribution in [1.29, 1.82) is 0 Å². The summed E-state index contributed by atoms with van der Waals surface area (Å²) in [5.41, 5.74) is -0.902. The summed E-state index contributed by atoms with van der Waals surface area (Å²) in [6.45, 7) is 7.13. The molecule has 7 nitrogen and oxygen atoms in total. The van der Waals surface area contributed by atoms with E-state index >= 15 is 0 Å². The predicted molar refractivity (Wildman–Crippen MR) is 117 cm³/mol. The average Bonchev–Trinajstić information content (AvgIpc) is 3.59. The summed E-state index contributed by atoms with van der Waals surface area (Å²) < 4.78 is 39.5. The monoisotopic (exact) mass is 449 g/mol. The zero-order chi connectivity index (χ0) is 22.7. The summed E-state index contributed by atoms with van der Waals surface area (Å²) in [6, 6.07) is 4.00. The van der Waals surface area contributed by atoms with Gasteiger partial charge in [-0.1, -0.05) is 12.5 Å². The number of hydrogen-bond acceptors (Lipinski definition) is 7. The fourth-order valence-corrected chi connectivity index (χ4v) is 4.05. The quantitative estimate of drug-likeness (QED) is 0.616. The molecule has 0 aromatic carbocycles. The summed E-state index contributed by atoms with van der Waals surface area (Å²) in [4.78, 5) is 19.5. The maximum absolute atomic E-state index is 13.2. The van der Waals surface area contributed by atoms with Crippen LogP contribution >= 0.6 is 0 Å². The zero-order valence-corrected chi connectivity index (χ0v) is 18.5. The van der Waals surface area contributed by atoms with Gasteiger partial charge in [-0.25, -0.2) is 4.98 Å². The van der Waals surface area contributed by atoms with Crippen molar-refractivity contribution in [1.82, 2.24) is 24.8 Å². The Morgan fingerprint density at radius 3 is 2.31 bits per heavy atom. The molecule has 0 bridgehead atoms. The minimum atomic E-state index is -4.53. The number of nitrogens with zero attached hydrogens (tertiary/aromatic N) is 5. The van der Waals surface area contributed by atoms with Crippen LogP contribution in [0.3, 0.4) is 0 Å². The number of aromatic nitrogens is 4. The van der Waals surface area contributed by atoms with Crippen molar-refractivity contribution in [2.75, 3.05) is 30.3 Å². The van der Waals surface area contributed by atoms with Gasteiger partial charge in [-0.15, -0.1) is 0 Å². The molecule has 174 valence electrons. The molecule has 1 saturated heterocycles. The first-order valence-electron chi connectivity index (χ1n) is 11.3. The molecule has 1 aliphatic heterocycles. The molecule has 1 unspecified atom stereocenters. The molecule has 0 radical (unpaired) electrons. The molecule has 2 aromatic rings. The number of halogens is 3. The second-order valence-electron chi connectivity index (χ2n) is 8.89. The van der Waals surface area contributed by atoms with E-state index in [4.69, 9.17) is 0 Å². The predicted octanol–water partition coefficient (Wildman–Crippen LogP) is 4.45. The lowest BCUT2D eigenvalue weighted by molar-refractivity contribution is -0.141. The van der Waals surface area contributed by atoms with Crippen molar-refractivity contribution in [3.63, 3.8) is 0 Å². The van der Waals surface area contributed by atoms with E-state index < -0.39 is 11.9 Å². The fourth-order valence-electron chi connectivity index (χ4n) is 4.05. The second-order valence-corrected chi connectivity index (χ2v) is 8.89. The summed E-state index contributed by atoms with van der Waals surface area (Å²) in [7, 11) is 0. The van der Waals surface area contributed by atoms with Gasteiger partial charge in [-0.3, -0.25) is 0 Å². The lowest BCUT2D eigenvalue weighted by Crippen LogP contribution is -2.38. The van der Waals surface area contributed by atoms with Crippen LogP contribution in [0.2, 0.25) is 0 Å². The number of alkyl halides is 3. The third-order valence-electron chi connectivity index (χ3n) is 5.95. The molecule has 10 heteroatoms. The van der Waals surface area contributed by atoms with E-state index in [2.05, 4.69) is 49.3 Å². The normalized spacial score (nSPS) is 19.4. The fraction of sp³-hybridized carbons (Fsp3) is 0.636. The molecule has 1 saturated carbocycles. The Hall–Kier alpha value is -2.49. The number of anilines is 2. The van der Waals surface area contributed by atoms with Crippen molar-refractivity contribution in [2.45, 2.75) is 64.2 Å². The van der Waals surface area contributed by atoms with E-state index in [1.807, 2.05) is 0 Å². The topological polar surface area (TPSA) is 78.9 Å². The van der Waals surface area contributed by atoms with E-state index in [9.17, 15) is 13.2 Å². The Balaban J connectivity index is 1.57. The Morgan fingerprint density at radius 2 is 1.66 bits per heavy atom. The average molecular weight is 450 g/mol. The van der Waals surface area contributed by atoms with E-state index in [1.165, 1.54) is 31.4 Å². The van der Waals surface area contributed by atoms with Crippen LogP contribution in [-0.2, 0) is 6.18 Å². The highest BCUT2D eigenvalue weighted by Gasteiger charge is 2.33. The van der Waals surface area contributed by atoms with Gasteiger partial charge in [-0.2, -0.15) is 28.1 Å². The van der Waals surface area contributed by atoms with Crippen LogP contribution < -0.4 is 10.6 Å². The van der Waals surface area contributed by atoms with Crippen molar-refractivity contribution in [2.24, 2.45) is 5.92 Å². The first kappa shape index (κ1) is 22.7. The van der Waals surface area contributed by atoms with Gasteiger partial charge in [0.2, 0.25) is 11.9 Å². The smallest absolute Gasteiger partial charge is 0.351 e. The van der Waals surface area contributed by atoms with Crippen LogP contribution in [0.1, 0.15) is 51.6 Å². The van der Waals surface area contributed by atoms with Crippen molar-refractivity contribution in [3.8, 4) is 11.5 Å². The molecule has 2 N–H and O–H groups in total. The Labute approximate surface area is 186 Å². The maximum Gasteiger partial charge on any atom is 0.433 e. The van der Waals surface area contributed by atoms with Gasteiger partial charge in [-0.05, 0) is 70.7 Å². The number of nitrogens with one attached hydrogen (secondary N) is 2. The Kier molecular flexibility index (Phi) is 6.78. The summed E-state index contributed by atoms with van der Waals surface area (Å²) in [5.74, 6) is 1.37. The van der Waals surface area contributed by atoms with Gasteiger partial charge >= 0.3 is 6.18 Å². The molecule has 0 amide bonds. The number of piperidine rings is 1. The molecular weight excluding hydrogens is 419 g/mol. The van der Waals surface area contributed by atoms with Gasteiger partial charge in [0.15, 0.2) is 5.82 Å². The lowest BCUT2D eigenvalue weighted by Gasteiger charge is -2.29. The van der Waals surface area contributed by atoms with Gasteiger partial charge < -0.3 is 15.5 Å². The Bertz CT molecular complexity index is 911. The third kappa shape index (κ3) is 6.05. The summed E-state index contributed by atoms with van der Waals surface area (Å²) in [5, 5.41) is 6.60. The number of likely N-dealkylation sites (tertiary alicyclic amines) is 1. The van der Waals surface area contributed by atoms with Crippen LogP contribution in [0.4, 0.5) is 25.1 Å². The summed E-state index contributed by atoms with van der Waals surface area (Å²) in [6.07, 6.45) is 1.45. The van der Waals surface area contributed by atoms with Crippen LogP contribution in [0.15, 0.2) is 18.2 Å². The molecule has 1 aliphatic carbocycles. The van der Waals surface area contributed by atoms with Gasteiger partial charge in [0, 0.05) is 18.6 Å². The van der Waals surface area contributed by atoms with Gasteiger partial charge in [0.1, 0.15) is 11.4 Å². The summed E-state index contributed by atoms with van der Waals surface area (Å²) >= 11 is 0. The van der Waals surface area contributed by atoms with Gasteiger partial charge in [0.05, 0.1) is 0 Å². The third-order valence-corrected chi connectivity index (χ3v) is 5.95. The largest absolute Gasteiger partial charge is 0.433 e. The molecule has 0 spiro atoms. The van der Waals surface area contributed by atoms with Crippen LogP contribution in [0.5, 0.6) is 0 Å². The standard InChI is InChI=1S/C22H30F3N7/c1-14(13-32-11-4-3-5-12-32)26-20-29-19(17-7-6-8-18(28-17)22(23,24)25)30-21(31-20)27-15(2)16-9-10-16/h6-8,14-16H,3-5,9-13H2,1-2H3,(H2,26,27,29,30,31)/t14?,15-/m1/s1. The highest BCUT2D eigenvalue weighted by molar-refractivity contribution is 5.54. The minimum absolute atomic E-state index is 0.0658. The number of pyridine rings is 1. The molecular formula is C22H30F3N7. The van der Waals surface area contributed by atoms with Crippen LogP contribution in [-0.4, -0.2) is 56.6 Å². The SMILES string of the molecule is CC(CN1CCCCC1)Nc1nc(N[C@H](C)C2CC2)nc(-c2cccc(C(F)(F)F)n2)n1. The zero-order valence-electron chi connectivity index (χ0n) is 18.5. The maximum atomic E-state index is 13.2. The molecule has 2 aliphatic rings. The van der Waals surface area contributed by atoms with Crippen molar-refractivity contribution in [3.05, 3.63) is 23.9 Å². The van der Waals surface area contributed by atoms with Crippen LogP contribution in [0, 0.1) is 5.92 Å². The first-order chi connectivity index (χ1) is 15.3. The minimum Gasteiger partial charge on any atom is -0.351 e.